The lowest BCUT2D eigenvalue weighted by atomic mass is 9.94. The normalized spacial score (nSPS) is 22.7. The molecule has 8 heteroatoms. The molecule has 2 aliphatic carbocycles. The van der Waals surface area contributed by atoms with E-state index < -0.39 is 10.2 Å². The van der Waals surface area contributed by atoms with Crippen LogP contribution in [0.25, 0.3) is 11.6 Å². The van der Waals surface area contributed by atoms with Gasteiger partial charge in [0.15, 0.2) is 0 Å². The van der Waals surface area contributed by atoms with Gasteiger partial charge in [0.1, 0.15) is 5.78 Å². The molecule has 2 fully saturated rings. The lowest BCUT2D eigenvalue weighted by molar-refractivity contribution is -0.119. The van der Waals surface area contributed by atoms with Crippen LogP contribution in [0.4, 0.5) is 0 Å². The predicted octanol–water partition coefficient (Wildman–Crippen LogP) is 1.84. The van der Waals surface area contributed by atoms with Gasteiger partial charge in [0.2, 0.25) is 0 Å². The van der Waals surface area contributed by atoms with Gasteiger partial charge in [0.25, 0.3) is 10.2 Å². The van der Waals surface area contributed by atoms with Crippen LogP contribution in [0.2, 0.25) is 0 Å². The van der Waals surface area contributed by atoms with Crippen LogP contribution in [0.5, 0.6) is 0 Å². The van der Waals surface area contributed by atoms with Crippen LogP contribution in [0.15, 0.2) is 18.2 Å². The Morgan fingerprint density at radius 2 is 1.97 bits per heavy atom. The minimum atomic E-state index is -3.46. The standard InChI is InChI=1S/C22H27N3O4S/c26-22(17-4-5-17)15-18-14-20(19-2-1-3-21(19)23-18)16-6-8-24(9-7-16)30(27,28)25-10-12-29-13-11-25/h1-2,6,14,17H,3-5,7-13,15H2. The molecule has 1 saturated carbocycles. The summed E-state index contributed by atoms with van der Waals surface area (Å²) in [7, 11) is -3.46. The SMILES string of the molecule is O=C(Cc1cc(C2=CCN(S(=O)(=O)N3CCOCC3)CC2)c2c(n1)CC=C2)C1CC1. The summed E-state index contributed by atoms with van der Waals surface area (Å²) in [6.07, 6.45) is 10.1. The number of rotatable bonds is 6. The van der Waals surface area contributed by atoms with Crippen molar-refractivity contribution in [1.29, 1.82) is 0 Å². The number of fused-ring (bicyclic) bond motifs is 1. The van der Waals surface area contributed by atoms with E-state index in [4.69, 9.17) is 9.72 Å². The molecule has 4 aliphatic rings. The number of morpholine rings is 1. The van der Waals surface area contributed by atoms with Crippen molar-refractivity contribution in [3.8, 4) is 0 Å². The lowest BCUT2D eigenvalue weighted by Gasteiger charge is -2.33. The second kappa shape index (κ2) is 8.00. The minimum absolute atomic E-state index is 0.231. The fourth-order valence-electron chi connectivity index (χ4n) is 4.43. The van der Waals surface area contributed by atoms with Crippen molar-refractivity contribution in [2.45, 2.75) is 32.1 Å². The molecule has 1 saturated heterocycles. The van der Waals surface area contributed by atoms with Gasteiger partial charge >= 0.3 is 0 Å². The predicted molar refractivity (Wildman–Crippen MR) is 114 cm³/mol. The third-order valence-electron chi connectivity index (χ3n) is 6.31. The molecule has 0 unspecified atom stereocenters. The van der Waals surface area contributed by atoms with Gasteiger partial charge in [-0.1, -0.05) is 18.2 Å². The van der Waals surface area contributed by atoms with Crippen molar-refractivity contribution in [3.63, 3.8) is 0 Å². The molecular weight excluding hydrogens is 402 g/mol. The molecule has 0 amide bonds. The van der Waals surface area contributed by atoms with Crippen molar-refractivity contribution in [2.75, 3.05) is 39.4 Å². The molecule has 0 radical (unpaired) electrons. The van der Waals surface area contributed by atoms with E-state index in [1.807, 2.05) is 12.1 Å². The molecule has 160 valence electrons. The molecule has 0 atom stereocenters. The van der Waals surface area contributed by atoms with E-state index in [9.17, 15) is 13.2 Å². The number of ether oxygens (including phenoxy) is 1. The Labute approximate surface area is 177 Å². The zero-order valence-electron chi connectivity index (χ0n) is 17.0. The smallest absolute Gasteiger partial charge is 0.282 e. The van der Waals surface area contributed by atoms with Crippen molar-refractivity contribution in [1.82, 2.24) is 13.6 Å². The molecule has 5 rings (SSSR count). The molecule has 0 spiro atoms. The van der Waals surface area contributed by atoms with Gasteiger partial charge in [0, 0.05) is 56.2 Å². The first-order chi connectivity index (χ1) is 14.5. The van der Waals surface area contributed by atoms with Gasteiger partial charge in [0.05, 0.1) is 18.9 Å². The lowest BCUT2D eigenvalue weighted by Crippen LogP contribution is -2.49. The average Bonchev–Trinajstić information content (AvgIpc) is 3.52. The Hall–Kier alpha value is -1.87. The summed E-state index contributed by atoms with van der Waals surface area (Å²) in [6, 6.07) is 2.05. The van der Waals surface area contributed by atoms with Gasteiger partial charge in [-0.3, -0.25) is 9.78 Å². The number of carbonyl (C=O) groups excluding carboxylic acids is 1. The first-order valence-electron chi connectivity index (χ1n) is 10.8. The highest BCUT2D eigenvalue weighted by molar-refractivity contribution is 7.86. The molecule has 7 nitrogen and oxygen atoms in total. The summed E-state index contributed by atoms with van der Waals surface area (Å²) in [5, 5.41) is 0. The van der Waals surface area contributed by atoms with E-state index in [1.165, 1.54) is 4.31 Å². The van der Waals surface area contributed by atoms with Crippen molar-refractivity contribution in [3.05, 3.63) is 40.7 Å². The van der Waals surface area contributed by atoms with E-state index in [-0.39, 0.29) is 5.92 Å². The van der Waals surface area contributed by atoms with Crippen LogP contribution >= 0.6 is 0 Å². The van der Waals surface area contributed by atoms with Crippen LogP contribution < -0.4 is 0 Å². The van der Waals surface area contributed by atoms with Crippen LogP contribution in [0.3, 0.4) is 0 Å². The van der Waals surface area contributed by atoms with Gasteiger partial charge < -0.3 is 4.74 Å². The molecule has 0 N–H and O–H groups in total. The van der Waals surface area contributed by atoms with Crippen molar-refractivity contribution in [2.24, 2.45) is 5.92 Å². The Bertz CT molecular complexity index is 1020. The Kier molecular flexibility index (Phi) is 5.35. The largest absolute Gasteiger partial charge is 0.379 e. The van der Waals surface area contributed by atoms with E-state index in [0.717, 1.165) is 47.4 Å². The number of carbonyl (C=O) groups is 1. The fourth-order valence-corrected chi connectivity index (χ4v) is 5.95. The van der Waals surface area contributed by atoms with Crippen LogP contribution in [0, 0.1) is 5.92 Å². The van der Waals surface area contributed by atoms with E-state index in [0.29, 0.717) is 58.0 Å². The van der Waals surface area contributed by atoms with Crippen LogP contribution in [-0.2, 0) is 32.6 Å². The highest BCUT2D eigenvalue weighted by atomic mass is 32.2. The number of ketones is 1. The fraction of sp³-hybridized carbons (Fsp3) is 0.545. The number of Topliss-reactive ketones (excluding diaryl/α,β-unsaturated/α-hetero) is 1. The average molecular weight is 430 g/mol. The maximum atomic E-state index is 12.9. The van der Waals surface area contributed by atoms with E-state index >= 15 is 0 Å². The molecule has 30 heavy (non-hydrogen) atoms. The van der Waals surface area contributed by atoms with Gasteiger partial charge in [-0.15, -0.1) is 0 Å². The first-order valence-corrected chi connectivity index (χ1v) is 12.2. The number of pyridine rings is 1. The summed E-state index contributed by atoms with van der Waals surface area (Å²) >= 11 is 0. The Morgan fingerprint density at radius 3 is 2.67 bits per heavy atom. The zero-order valence-corrected chi connectivity index (χ0v) is 17.9. The first kappa shape index (κ1) is 20.1. The number of nitrogens with zero attached hydrogens (tertiary/aromatic N) is 3. The quantitative estimate of drug-likeness (QED) is 0.689. The maximum absolute atomic E-state index is 12.9. The second-order valence-corrected chi connectivity index (χ2v) is 10.3. The van der Waals surface area contributed by atoms with Crippen molar-refractivity contribution >= 4 is 27.6 Å². The Balaban J connectivity index is 1.37. The Morgan fingerprint density at radius 1 is 1.17 bits per heavy atom. The highest BCUT2D eigenvalue weighted by Gasteiger charge is 2.33. The summed E-state index contributed by atoms with van der Waals surface area (Å²) < 4.78 is 34.2. The molecule has 1 aromatic rings. The highest BCUT2D eigenvalue weighted by Crippen LogP contribution is 2.34. The molecule has 0 aromatic carbocycles. The zero-order chi connectivity index (χ0) is 20.7. The second-order valence-electron chi connectivity index (χ2n) is 8.40. The van der Waals surface area contributed by atoms with Crippen LogP contribution in [0.1, 0.15) is 41.8 Å². The van der Waals surface area contributed by atoms with Gasteiger partial charge in [-0.05, 0) is 36.5 Å². The third-order valence-corrected chi connectivity index (χ3v) is 8.32. The molecule has 3 heterocycles. The summed E-state index contributed by atoms with van der Waals surface area (Å²) in [5.74, 6) is 0.522. The monoisotopic (exact) mass is 429 g/mol. The van der Waals surface area contributed by atoms with Gasteiger partial charge in [-0.25, -0.2) is 0 Å². The summed E-state index contributed by atoms with van der Waals surface area (Å²) in [5.41, 5.74) is 5.24. The van der Waals surface area contributed by atoms with Gasteiger partial charge in [-0.2, -0.15) is 17.0 Å². The van der Waals surface area contributed by atoms with Crippen molar-refractivity contribution < 1.29 is 17.9 Å². The molecule has 2 aliphatic heterocycles. The van der Waals surface area contributed by atoms with E-state index in [2.05, 4.69) is 12.2 Å². The summed E-state index contributed by atoms with van der Waals surface area (Å²) in [4.78, 5) is 17.0. The van der Waals surface area contributed by atoms with Crippen LogP contribution in [-0.4, -0.2) is 67.2 Å². The third kappa shape index (κ3) is 3.89. The molecule has 1 aromatic heterocycles. The van der Waals surface area contributed by atoms with E-state index in [1.54, 1.807) is 4.31 Å². The number of hydrogen-bond acceptors (Lipinski definition) is 5. The number of allylic oxidation sites excluding steroid dienone is 1. The maximum Gasteiger partial charge on any atom is 0.282 e. The number of aromatic nitrogens is 1. The summed E-state index contributed by atoms with van der Waals surface area (Å²) in [6.45, 7) is 2.56. The topological polar surface area (TPSA) is 79.8 Å². The minimum Gasteiger partial charge on any atom is -0.379 e. The number of hydrogen-bond donors (Lipinski definition) is 0. The molecular formula is C22H27N3O4S. The molecule has 0 bridgehead atoms.